The third-order valence-electron chi connectivity index (χ3n) is 3.67. The number of fused-ring (bicyclic) bond motifs is 1. The van der Waals surface area contributed by atoms with Crippen molar-refractivity contribution in [1.82, 2.24) is 0 Å². The van der Waals surface area contributed by atoms with Crippen LogP contribution in [0.5, 0.6) is 0 Å². The van der Waals surface area contributed by atoms with Crippen LogP contribution < -0.4 is 5.32 Å². The molecule has 2 aromatic carbocycles. The van der Waals surface area contributed by atoms with Crippen LogP contribution in [-0.4, -0.2) is 5.78 Å². The molecule has 3 rings (SSSR count). The molecule has 0 radical (unpaired) electrons. The predicted molar refractivity (Wildman–Crippen MR) is 81.7 cm³/mol. The van der Waals surface area contributed by atoms with Crippen molar-refractivity contribution in [3.05, 3.63) is 77.0 Å². The summed E-state index contributed by atoms with van der Waals surface area (Å²) in [5.74, 6) is -1.86. The maximum atomic E-state index is 13.1. The van der Waals surface area contributed by atoms with E-state index >= 15 is 0 Å². The van der Waals surface area contributed by atoms with Crippen molar-refractivity contribution in [2.45, 2.75) is 19.3 Å². The van der Waals surface area contributed by atoms with Gasteiger partial charge in [-0.1, -0.05) is 24.8 Å². The fourth-order valence-electron chi connectivity index (χ4n) is 2.66. The third kappa shape index (κ3) is 3.06. The first-order chi connectivity index (χ1) is 10.5. The van der Waals surface area contributed by atoms with Crippen LogP contribution in [0.2, 0.25) is 0 Å². The van der Waals surface area contributed by atoms with Gasteiger partial charge in [-0.15, -0.1) is 0 Å². The minimum absolute atomic E-state index is 0.0317. The van der Waals surface area contributed by atoms with E-state index in [1.54, 1.807) is 0 Å². The molecule has 0 saturated carbocycles. The summed E-state index contributed by atoms with van der Waals surface area (Å²) >= 11 is 0. The monoisotopic (exact) mass is 299 g/mol. The molecule has 0 saturated heterocycles. The van der Waals surface area contributed by atoms with Crippen molar-refractivity contribution in [2.24, 2.45) is 0 Å². The van der Waals surface area contributed by atoms with Gasteiger partial charge in [0.05, 0.1) is 0 Å². The van der Waals surface area contributed by atoms with Crippen LogP contribution in [0.25, 0.3) is 0 Å². The molecule has 112 valence electrons. The molecule has 1 aliphatic heterocycles. The molecule has 0 aliphatic carbocycles. The van der Waals surface area contributed by atoms with E-state index in [0.717, 1.165) is 41.1 Å². The lowest BCUT2D eigenvalue weighted by Gasteiger charge is -2.05. The minimum Gasteiger partial charge on any atom is -0.359 e. The van der Waals surface area contributed by atoms with Crippen molar-refractivity contribution in [1.29, 1.82) is 0 Å². The summed E-state index contributed by atoms with van der Waals surface area (Å²) in [6.07, 6.45) is 1.14. The highest BCUT2D eigenvalue weighted by Crippen LogP contribution is 2.28. The summed E-state index contributed by atoms with van der Waals surface area (Å²) in [7, 11) is 0. The van der Waals surface area contributed by atoms with Crippen LogP contribution >= 0.6 is 0 Å². The van der Waals surface area contributed by atoms with Crippen LogP contribution in [0.1, 0.15) is 16.7 Å². The summed E-state index contributed by atoms with van der Waals surface area (Å²) in [4.78, 5) is 12.1. The average molecular weight is 299 g/mol. The van der Waals surface area contributed by atoms with Gasteiger partial charge in [0.25, 0.3) is 0 Å². The molecule has 2 aromatic rings. The highest BCUT2D eigenvalue weighted by molar-refractivity contribution is 5.83. The maximum Gasteiger partial charge on any atom is 0.159 e. The summed E-state index contributed by atoms with van der Waals surface area (Å²) in [5, 5.41) is 3.17. The number of hydrogen-bond acceptors (Lipinski definition) is 2. The number of benzene rings is 2. The third-order valence-corrected chi connectivity index (χ3v) is 3.67. The molecular weight excluding hydrogens is 284 g/mol. The molecule has 0 amide bonds. The second-order valence-electron chi connectivity index (χ2n) is 5.54. The van der Waals surface area contributed by atoms with Gasteiger partial charge in [0, 0.05) is 30.6 Å². The van der Waals surface area contributed by atoms with E-state index in [4.69, 9.17) is 0 Å². The van der Waals surface area contributed by atoms with Gasteiger partial charge >= 0.3 is 0 Å². The smallest absolute Gasteiger partial charge is 0.159 e. The Morgan fingerprint density at radius 2 is 1.73 bits per heavy atom. The van der Waals surface area contributed by atoms with Crippen LogP contribution in [0, 0.1) is 11.6 Å². The number of nitrogens with one attached hydrogen (secondary N) is 1. The molecule has 0 bridgehead atoms. The van der Waals surface area contributed by atoms with Crippen LogP contribution in [0.15, 0.2) is 48.7 Å². The number of anilines is 1. The zero-order valence-electron chi connectivity index (χ0n) is 12.0. The number of rotatable bonds is 4. The number of carbonyl (C=O) groups excluding carboxylic acids is 1. The van der Waals surface area contributed by atoms with Crippen LogP contribution in [0.3, 0.4) is 0 Å². The second-order valence-corrected chi connectivity index (χ2v) is 5.54. The average Bonchev–Trinajstić information content (AvgIpc) is 2.82. The number of Topliss-reactive ketones (excluding diaryl/α,β-unsaturated/α-hetero) is 1. The Labute approximate surface area is 127 Å². The van der Waals surface area contributed by atoms with Gasteiger partial charge < -0.3 is 5.32 Å². The first kappa shape index (κ1) is 14.4. The summed E-state index contributed by atoms with van der Waals surface area (Å²) < 4.78 is 26.0. The molecule has 0 fully saturated rings. The normalized spacial score (nSPS) is 12.9. The van der Waals surface area contributed by atoms with E-state index in [1.165, 1.54) is 6.07 Å². The first-order valence-electron chi connectivity index (χ1n) is 7.03. The first-order valence-corrected chi connectivity index (χ1v) is 7.03. The van der Waals surface area contributed by atoms with Crippen molar-refractivity contribution >= 4 is 11.5 Å². The van der Waals surface area contributed by atoms with E-state index in [0.29, 0.717) is 5.56 Å². The van der Waals surface area contributed by atoms with Crippen molar-refractivity contribution in [3.63, 3.8) is 0 Å². The van der Waals surface area contributed by atoms with E-state index < -0.39 is 11.6 Å². The van der Waals surface area contributed by atoms with Gasteiger partial charge in [-0.3, -0.25) is 4.79 Å². The Hall–Kier alpha value is -2.49. The molecule has 4 heteroatoms. The SMILES string of the molecule is C=C1Cc2cc(CC(=O)Cc3ccc(F)c(F)c3)ccc2N1. The highest BCUT2D eigenvalue weighted by atomic mass is 19.2. The van der Waals surface area contributed by atoms with Gasteiger partial charge in [0.15, 0.2) is 11.6 Å². The molecular formula is C18H15F2NO. The van der Waals surface area contributed by atoms with E-state index in [1.807, 2.05) is 18.2 Å². The topological polar surface area (TPSA) is 29.1 Å². The lowest BCUT2D eigenvalue weighted by molar-refractivity contribution is -0.117. The zero-order valence-corrected chi connectivity index (χ0v) is 12.0. The predicted octanol–water partition coefficient (Wildman–Crippen LogP) is 3.80. The maximum absolute atomic E-state index is 13.1. The Morgan fingerprint density at radius 1 is 1.05 bits per heavy atom. The largest absolute Gasteiger partial charge is 0.359 e. The van der Waals surface area contributed by atoms with Gasteiger partial charge in [-0.25, -0.2) is 8.78 Å². The van der Waals surface area contributed by atoms with Gasteiger partial charge in [0.2, 0.25) is 0 Å². The van der Waals surface area contributed by atoms with E-state index in [-0.39, 0.29) is 18.6 Å². The molecule has 0 aromatic heterocycles. The fraction of sp³-hybridized carbons (Fsp3) is 0.167. The van der Waals surface area contributed by atoms with Gasteiger partial charge in [-0.2, -0.15) is 0 Å². The minimum atomic E-state index is -0.924. The second kappa shape index (κ2) is 5.72. The lowest BCUT2D eigenvalue weighted by atomic mass is 10.0. The molecule has 0 atom stereocenters. The zero-order chi connectivity index (χ0) is 15.7. The van der Waals surface area contributed by atoms with Crippen LogP contribution in [0.4, 0.5) is 14.5 Å². The summed E-state index contributed by atoms with van der Waals surface area (Å²) in [6, 6.07) is 9.38. The molecule has 2 nitrogen and oxygen atoms in total. The Bertz CT molecular complexity index is 768. The quantitative estimate of drug-likeness (QED) is 0.930. The molecule has 0 unspecified atom stereocenters. The number of hydrogen-bond donors (Lipinski definition) is 1. The van der Waals surface area contributed by atoms with Crippen molar-refractivity contribution in [3.8, 4) is 0 Å². The van der Waals surface area contributed by atoms with E-state index in [2.05, 4.69) is 11.9 Å². The molecule has 1 heterocycles. The Morgan fingerprint density at radius 3 is 2.45 bits per heavy atom. The number of halogens is 2. The number of ketones is 1. The van der Waals surface area contributed by atoms with E-state index in [9.17, 15) is 13.6 Å². The van der Waals surface area contributed by atoms with Crippen molar-refractivity contribution < 1.29 is 13.6 Å². The Kier molecular flexibility index (Phi) is 3.75. The van der Waals surface area contributed by atoms with Crippen LogP contribution in [-0.2, 0) is 24.1 Å². The molecule has 1 N–H and O–H groups in total. The Balaban J connectivity index is 1.68. The fourth-order valence-corrected chi connectivity index (χ4v) is 2.66. The standard InChI is InChI=1S/C18H15F2NO/c1-11-6-14-7-12(3-5-18(14)21-11)8-15(22)9-13-2-4-16(19)17(20)10-13/h2-5,7,10,21H,1,6,8-9H2. The summed E-state index contributed by atoms with van der Waals surface area (Å²) in [5.41, 5.74) is 4.51. The number of carbonyl (C=O) groups is 1. The van der Waals surface area contributed by atoms with Gasteiger partial charge in [-0.05, 0) is 34.9 Å². The molecule has 0 spiro atoms. The molecule has 1 aliphatic rings. The molecule has 22 heavy (non-hydrogen) atoms. The number of allylic oxidation sites excluding steroid dienone is 1. The van der Waals surface area contributed by atoms with Gasteiger partial charge in [0.1, 0.15) is 5.78 Å². The lowest BCUT2D eigenvalue weighted by Crippen LogP contribution is -2.07. The highest BCUT2D eigenvalue weighted by Gasteiger charge is 2.14. The van der Waals surface area contributed by atoms with Crippen molar-refractivity contribution in [2.75, 3.05) is 5.32 Å². The summed E-state index contributed by atoms with van der Waals surface area (Å²) in [6.45, 7) is 3.89.